The van der Waals surface area contributed by atoms with Crippen molar-refractivity contribution in [2.45, 2.75) is 71.8 Å². The average molecular weight is 254 g/mol. The third-order valence-electron chi connectivity index (χ3n) is 4.29. The number of likely N-dealkylation sites (tertiary alicyclic amines) is 1. The molecule has 1 heterocycles. The Hall–Kier alpha value is -0.0800. The second kappa shape index (κ2) is 9.80. The molecule has 0 aromatic rings. The van der Waals surface area contributed by atoms with Crippen LogP contribution in [-0.4, -0.2) is 37.1 Å². The molecule has 2 nitrogen and oxygen atoms in total. The summed E-state index contributed by atoms with van der Waals surface area (Å²) in [5, 5.41) is 3.68. The lowest BCUT2D eigenvalue weighted by Gasteiger charge is -2.30. The predicted molar refractivity (Wildman–Crippen MR) is 81.1 cm³/mol. The number of unbranched alkanes of at least 4 members (excludes halogenated alkanes) is 3. The van der Waals surface area contributed by atoms with E-state index in [1.807, 2.05) is 0 Å². The summed E-state index contributed by atoms with van der Waals surface area (Å²) in [6.07, 6.45) is 9.68. The lowest BCUT2D eigenvalue weighted by Crippen LogP contribution is -2.39. The van der Waals surface area contributed by atoms with Gasteiger partial charge in [-0.1, -0.05) is 39.5 Å². The summed E-state index contributed by atoms with van der Waals surface area (Å²) < 4.78 is 0. The average Bonchev–Trinajstić information content (AvgIpc) is 2.37. The maximum atomic E-state index is 3.68. The van der Waals surface area contributed by atoms with Gasteiger partial charge < -0.3 is 10.2 Å². The molecule has 0 bridgehead atoms. The molecule has 1 N–H and O–H groups in total. The van der Waals surface area contributed by atoms with E-state index in [1.165, 1.54) is 71.1 Å². The van der Waals surface area contributed by atoms with Crippen LogP contribution in [0.25, 0.3) is 0 Å². The van der Waals surface area contributed by atoms with Crippen molar-refractivity contribution in [1.29, 1.82) is 0 Å². The maximum Gasteiger partial charge on any atom is 0.0107 e. The van der Waals surface area contributed by atoms with Gasteiger partial charge in [0.05, 0.1) is 0 Å². The molecule has 0 saturated carbocycles. The molecule has 1 saturated heterocycles. The van der Waals surface area contributed by atoms with Crippen molar-refractivity contribution >= 4 is 0 Å². The van der Waals surface area contributed by atoms with Gasteiger partial charge >= 0.3 is 0 Å². The van der Waals surface area contributed by atoms with Crippen LogP contribution in [0.5, 0.6) is 0 Å². The first-order valence-corrected chi connectivity index (χ1v) is 8.18. The molecule has 1 aliphatic rings. The van der Waals surface area contributed by atoms with Crippen molar-refractivity contribution in [2.24, 2.45) is 5.92 Å². The van der Waals surface area contributed by atoms with E-state index in [0.29, 0.717) is 6.04 Å². The Kier molecular flexibility index (Phi) is 8.70. The molecule has 0 aromatic heterocycles. The van der Waals surface area contributed by atoms with Gasteiger partial charge in [0.25, 0.3) is 0 Å². The van der Waals surface area contributed by atoms with Gasteiger partial charge in [-0.25, -0.2) is 0 Å². The lowest BCUT2D eigenvalue weighted by molar-refractivity contribution is 0.191. The number of nitrogens with zero attached hydrogens (tertiary/aromatic N) is 1. The Balaban J connectivity index is 1.93. The van der Waals surface area contributed by atoms with Crippen LogP contribution in [0.4, 0.5) is 0 Å². The summed E-state index contributed by atoms with van der Waals surface area (Å²) >= 11 is 0. The lowest BCUT2D eigenvalue weighted by atomic mass is 9.99. The largest absolute Gasteiger partial charge is 0.313 e. The van der Waals surface area contributed by atoms with Gasteiger partial charge in [0, 0.05) is 19.1 Å². The highest BCUT2D eigenvalue weighted by atomic mass is 15.1. The summed E-state index contributed by atoms with van der Waals surface area (Å²) in [5.41, 5.74) is 0. The fourth-order valence-electron chi connectivity index (χ4n) is 2.73. The van der Waals surface area contributed by atoms with E-state index in [4.69, 9.17) is 0 Å². The van der Waals surface area contributed by atoms with Gasteiger partial charge in [0.1, 0.15) is 0 Å². The van der Waals surface area contributed by atoms with Crippen molar-refractivity contribution in [2.75, 3.05) is 26.2 Å². The molecule has 1 fully saturated rings. The van der Waals surface area contributed by atoms with Crippen LogP contribution in [-0.2, 0) is 0 Å². The fraction of sp³-hybridized carbons (Fsp3) is 1.00. The zero-order chi connectivity index (χ0) is 13.2. The van der Waals surface area contributed by atoms with Crippen LogP contribution in [0.15, 0.2) is 0 Å². The zero-order valence-corrected chi connectivity index (χ0v) is 12.9. The third-order valence-corrected chi connectivity index (χ3v) is 4.29. The Bertz CT molecular complexity index is 186. The molecule has 0 aromatic carbocycles. The zero-order valence-electron chi connectivity index (χ0n) is 12.9. The molecular weight excluding hydrogens is 220 g/mol. The molecule has 0 spiro atoms. The quantitative estimate of drug-likeness (QED) is 0.632. The first kappa shape index (κ1) is 16.0. The van der Waals surface area contributed by atoms with Crippen molar-refractivity contribution in [3.05, 3.63) is 0 Å². The molecule has 1 atom stereocenters. The van der Waals surface area contributed by atoms with Gasteiger partial charge in [-0.3, -0.25) is 0 Å². The van der Waals surface area contributed by atoms with Crippen LogP contribution in [0.3, 0.4) is 0 Å². The standard InChI is InChI=1S/C16H34N2/c1-4-5-6-7-8-16(3)17-11-14-18-12-9-15(2)10-13-18/h15-17H,4-14H2,1-3H3. The molecule has 0 amide bonds. The molecule has 2 heteroatoms. The van der Waals surface area contributed by atoms with E-state index in [0.717, 1.165) is 5.92 Å². The van der Waals surface area contributed by atoms with Crippen LogP contribution in [0.1, 0.15) is 65.7 Å². The molecule has 1 rings (SSSR count). The van der Waals surface area contributed by atoms with E-state index in [1.54, 1.807) is 0 Å². The molecule has 18 heavy (non-hydrogen) atoms. The van der Waals surface area contributed by atoms with Crippen molar-refractivity contribution in [1.82, 2.24) is 10.2 Å². The van der Waals surface area contributed by atoms with E-state index >= 15 is 0 Å². The second-order valence-electron chi connectivity index (χ2n) is 6.23. The summed E-state index contributed by atoms with van der Waals surface area (Å²) in [6.45, 7) is 12.0. The first-order valence-electron chi connectivity index (χ1n) is 8.18. The van der Waals surface area contributed by atoms with Crippen molar-refractivity contribution < 1.29 is 0 Å². The number of hydrogen-bond donors (Lipinski definition) is 1. The number of nitrogens with one attached hydrogen (secondary N) is 1. The van der Waals surface area contributed by atoms with Gasteiger partial charge in [0.2, 0.25) is 0 Å². The van der Waals surface area contributed by atoms with Crippen LogP contribution in [0, 0.1) is 5.92 Å². The molecule has 108 valence electrons. The van der Waals surface area contributed by atoms with Crippen LogP contribution >= 0.6 is 0 Å². The highest BCUT2D eigenvalue weighted by molar-refractivity contribution is 4.71. The SMILES string of the molecule is CCCCCCC(C)NCCN1CCC(C)CC1. The first-order chi connectivity index (χ1) is 8.72. The fourth-order valence-corrected chi connectivity index (χ4v) is 2.73. The monoisotopic (exact) mass is 254 g/mol. The Morgan fingerprint density at radius 3 is 2.56 bits per heavy atom. The Morgan fingerprint density at radius 1 is 1.17 bits per heavy atom. The smallest absolute Gasteiger partial charge is 0.0107 e. The van der Waals surface area contributed by atoms with Gasteiger partial charge in [0.15, 0.2) is 0 Å². The van der Waals surface area contributed by atoms with E-state index in [-0.39, 0.29) is 0 Å². The summed E-state index contributed by atoms with van der Waals surface area (Å²) in [5.74, 6) is 0.951. The maximum absolute atomic E-state index is 3.68. The number of hydrogen-bond acceptors (Lipinski definition) is 2. The van der Waals surface area contributed by atoms with Gasteiger partial charge in [-0.2, -0.15) is 0 Å². The minimum Gasteiger partial charge on any atom is -0.313 e. The Morgan fingerprint density at radius 2 is 1.89 bits per heavy atom. The van der Waals surface area contributed by atoms with Gasteiger partial charge in [-0.05, 0) is 45.2 Å². The van der Waals surface area contributed by atoms with E-state index in [9.17, 15) is 0 Å². The van der Waals surface area contributed by atoms with E-state index < -0.39 is 0 Å². The van der Waals surface area contributed by atoms with Crippen LogP contribution in [0.2, 0.25) is 0 Å². The van der Waals surface area contributed by atoms with Crippen molar-refractivity contribution in [3.63, 3.8) is 0 Å². The number of piperidine rings is 1. The molecule has 1 unspecified atom stereocenters. The predicted octanol–water partition coefficient (Wildman–Crippen LogP) is 3.67. The highest BCUT2D eigenvalue weighted by Gasteiger charge is 2.14. The molecule has 0 radical (unpaired) electrons. The summed E-state index contributed by atoms with van der Waals surface area (Å²) in [7, 11) is 0. The minimum atomic E-state index is 0.700. The molecule has 0 aliphatic carbocycles. The molecule has 1 aliphatic heterocycles. The topological polar surface area (TPSA) is 15.3 Å². The molecular formula is C16H34N2. The Labute approximate surface area is 115 Å². The minimum absolute atomic E-state index is 0.700. The van der Waals surface area contributed by atoms with E-state index in [2.05, 4.69) is 31.0 Å². The van der Waals surface area contributed by atoms with Gasteiger partial charge in [-0.15, -0.1) is 0 Å². The number of rotatable bonds is 9. The second-order valence-corrected chi connectivity index (χ2v) is 6.23. The summed E-state index contributed by atoms with van der Waals surface area (Å²) in [6, 6.07) is 0.700. The normalized spacial score (nSPS) is 20.2. The third kappa shape index (κ3) is 7.38. The van der Waals surface area contributed by atoms with Crippen LogP contribution < -0.4 is 5.32 Å². The summed E-state index contributed by atoms with van der Waals surface area (Å²) in [4.78, 5) is 2.62. The van der Waals surface area contributed by atoms with Crippen molar-refractivity contribution in [3.8, 4) is 0 Å². The highest BCUT2D eigenvalue weighted by Crippen LogP contribution is 2.15.